The van der Waals surface area contributed by atoms with Crippen LogP contribution >= 0.6 is 27.5 Å². The van der Waals surface area contributed by atoms with Crippen LogP contribution in [0.25, 0.3) is 0 Å². The Bertz CT molecular complexity index is 373. The summed E-state index contributed by atoms with van der Waals surface area (Å²) >= 11 is 9.64. The van der Waals surface area contributed by atoms with E-state index in [-0.39, 0.29) is 0 Å². The Hall–Kier alpha value is -0.0500. The van der Waals surface area contributed by atoms with Crippen LogP contribution in [0.5, 0.6) is 0 Å². The van der Waals surface area contributed by atoms with E-state index in [0.29, 0.717) is 11.3 Å². The van der Waals surface area contributed by atoms with Crippen molar-refractivity contribution < 1.29 is 0 Å². The molecule has 0 aliphatic rings. The summed E-state index contributed by atoms with van der Waals surface area (Å²) in [5, 5.41) is 1.85. The second-order valence-electron chi connectivity index (χ2n) is 6.04. The van der Waals surface area contributed by atoms with E-state index in [1.165, 1.54) is 5.56 Å². The van der Waals surface area contributed by atoms with Gasteiger partial charge in [-0.05, 0) is 36.1 Å². The Morgan fingerprint density at radius 1 is 1.33 bits per heavy atom. The zero-order valence-corrected chi connectivity index (χ0v) is 14.1. The summed E-state index contributed by atoms with van der Waals surface area (Å²) in [5.41, 5.74) is 1.60. The zero-order valence-electron chi connectivity index (χ0n) is 11.7. The molecule has 1 unspecified atom stereocenters. The molecule has 0 saturated carbocycles. The van der Waals surface area contributed by atoms with Crippen molar-refractivity contribution in [2.75, 3.05) is 18.9 Å². The quantitative estimate of drug-likeness (QED) is 0.698. The van der Waals surface area contributed by atoms with Crippen molar-refractivity contribution in [3.8, 4) is 0 Å². The van der Waals surface area contributed by atoms with Gasteiger partial charge in [0.05, 0.1) is 0 Å². The molecule has 1 rings (SSSR count). The van der Waals surface area contributed by atoms with Gasteiger partial charge in [0.25, 0.3) is 0 Å². The molecule has 1 aromatic carbocycles. The van der Waals surface area contributed by atoms with Gasteiger partial charge in [0, 0.05) is 23.4 Å². The van der Waals surface area contributed by atoms with Gasteiger partial charge in [-0.15, -0.1) is 0 Å². The molecular weight excluding hydrogens is 310 g/mol. The molecule has 0 spiro atoms. The summed E-state index contributed by atoms with van der Waals surface area (Å²) in [5.74, 6) is 0.640. The molecule has 102 valence electrons. The highest BCUT2D eigenvalue weighted by Crippen LogP contribution is 2.28. The lowest BCUT2D eigenvalue weighted by Gasteiger charge is -2.32. The van der Waals surface area contributed by atoms with Gasteiger partial charge >= 0.3 is 0 Å². The van der Waals surface area contributed by atoms with E-state index in [1.807, 2.05) is 18.2 Å². The van der Waals surface area contributed by atoms with Crippen LogP contribution in [-0.2, 0) is 6.54 Å². The van der Waals surface area contributed by atoms with Crippen LogP contribution in [-0.4, -0.2) is 23.8 Å². The average Bonchev–Trinajstić information content (AvgIpc) is 2.24. The molecule has 18 heavy (non-hydrogen) atoms. The van der Waals surface area contributed by atoms with Gasteiger partial charge in [0.2, 0.25) is 0 Å². The minimum Gasteiger partial charge on any atom is -0.302 e. The van der Waals surface area contributed by atoms with Crippen molar-refractivity contribution >= 4 is 27.5 Å². The number of nitrogens with zero attached hydrogens (tertiary/aromatic N) is 1. The fourth-order valence-corrected chi connectivity index (χ4v) is 3.33. The topological polar surface area (TPSA) is 3.24 Å². The molecule has 0 amide bonds. The first-order chi connectivity index (χ1) is 8.32. The highest BCUT2D eigenvalue weighted by molar-refractivity contribution is 9.09. The van der Waals surface area contributed by atoms with Crippen LogP contribution in [0.2, 0.25) is 5.02 Å². The van der Waals surface area contributed by atoms with Crippen LogP contribution < -0.4 is 0 Å². The van der Waals surface area contributed by atoms with E-state index in [9.17, 15) is 0 Å². The molecule has 0 aliphatic carbocycles. The molecule has 0 N–H and O–H groups in total. The maximum atomic E-state index is 6.01. The molecule has 0 heterocycles. The molecule has 0 fully saturated rings. The Morgan fingerprint density at radius 2 is 2.00 bits per heavy atom. The molecule has 1 aromatic rings. The second kappa shape index (κ2) is 6.93. The number of hydrogen-bond acceptors (Lipinski definition) is 1. The predicted octanol–water partition coefficient (Wildman–Crippen LogP) is 4.83. The molecule has 1 atom stereocenters. The Morgan fingerprint density at radius 3 is 2.50 bits per heavy atom. The third-order valence-corrected chi connectivity index (χ3v) is 4.30. The van der Waals surface area contributed by atoms with Gasteiger partial charge in [0.1, 0.15) is 0 Å². The molecule has 0 bridgehead atoms. The molecule has 3 heteroatoms. The first-order valence-corrected chi connectivity index (χ1v) is 7.82. The number of rotatable bonds is 5. The van der Waals surface area contributed by atoms with Gasteiger partial charge in [-0.3, -0.25) is 0 Å². The Balaban J connectivity index is 2.58. The van der Waals surface area contributed by atoms with Crippen molar-refractivity contribution in [1.29, 1.82) is 0 Å². The minimum absolute atomic E-state index is 0.325. The van der Waals surface area contributed by atoms with Gasteiger partial charge in [-0.2, -0.15) is 0 Å². The van der Waals surface area contributed by atoms with E-state index in [4.69, 9.17) is 11.6 Å². The predicted molar refractivity (Wildman–Crippen MR) is 84.5 cm³/mol. The lowest BCUT2D eigenvalue weighted by molar-refractivity contribution is 0.183. The van der Waals surface area contributed by atoms with E-state index in [2.05, 4.69) is 54.7 Å². The van der Waals surface area contributed by atoms with Crippen molar-refractivity contribution in [1.82, 2.24) is 4.90 Å². The van der Waals surface area contributed by atoms with Crippen LogP contribution in [0, 0.1) is 11.3 Å². The van der Waals surface area contributed by atoms with E-state index in [0.717, 1.165) is 23.4 Å². The van der Waals surface area contributed by atoms with E-state index < -0.39 is 0 Å². The summed E-state index contributed by atoms with van der Waals surface area (Å²) in [6.45, 7) is 8.92. The highest BCUT2D eigenvalue weighted by Gasteiger charge is 2.24. The molecule has 0 saturated heterocycles. The third kappa shape index (κ3) is 5.29. The SMILES string of the molecule is CN(Cc1cccc(Cl)c1)CC(CBr)C(C)(C)C. The summed E-state index contributed by atoms with van der Waals surface area (Å²) in [6, 6.07) is 8.10. The van der Waals surface area contributed by atoms with Crippen molar-refractivity contribution in [3.05, 3.63) is 34.9 Å². The van der Waals surface area contributed by atoms with Gasteiger partial charge in [-0.1, -0.05) is 60.4 Å². The fourth-order valence-electron chi connectivity index (χ4n) is 1.94. The summed E-state index contributed by atoms with van der Waals surface area (Å²) in [7, 11) is 2.17. The van der Waals surface area contributed by atoms with Crippen molar-refractivity contribution in [3.63, 3.8) is 0 Å². The third-order valence-electron chi connectivity index (χ3n) is 3.28. The molecule has 1 nitrogen and oxygen atoms in total. The maximum Gasteiger partial charge on any atom is 0.0409 e. The van der Waals surface area contributed by atoms with Crippen LogP contribution in [0.15, 0.2) is 24.3 Å². The Kier molecular flexibility index (Phi) is 6.16. The Labute approximate surface area is 125 Å². The fraction of sp³-hybridized carbons (Fsp3) is 0.600. The molecule has 0 aliphatic heterocycles. The average molecular weight is 333 g/mol. The molecule has 0 aromatic heterocycles. The zero-order chi connectivity index (χ0) is 13.8. The normalized spacial score (nSPS) is 13.9. The monoisotopic (exact) mass is 331 g/mol. The first-order valence-electron chi connectivity index (χ1n) is 6.32. The number of benzene rings is 1. The van der Waals surface area contributed by atoms with Crippen LogP contribution in [0.1, 0.15) is 26.3 Å². The maximum absolute atomic E-state index is 6.01. The van der Waals surface area contributed by atoms with Crippen molar-refractivity contribution in [2.45, 2.75) is 27.3 Å². The van der Waals surface area contributed by atoms with Gasteiger partial charge in [-0.25, -0.2) is 0 Å². The number of halogens is 2. The van der Waals surface area contributed by atoms with Gasteiger partial charge < -0.3 is 4.90 Å². The molecular formula is C15H23BrClN. The summed E-state index contributed by atoms with van der Waals surface area (Å²) in [4.78, 5) is 2.36. The standard InChI is InChI=1S/C15H23BrClN/c1-15(2,3)13(9-16)11-18(4)10-12-6-5-7-14(17)8-12/h5-8,13H,9-11H2,1-4H3. The van der Waals surface area contributed by atoms with Crippen LogP contribution in [0.3, 0.4) is 0 Å². The highest BCUT2D eigenvalue weighted by atomic mass is 79.9. The van der Waals surface area contributed by atoms with Gasteiger partial charge in [0.15, 0.2) is 0 Å². The number of alkyl halides is 1. The minimum atomic E-state index is 0.325. The summed E-state index contributed by atoms with van der Waals surface area (Å²) < 4.78 is 0. The smallest absolute Gasteiger partial charge is 0.0409 e. The largest absolute Gasteiger partial charge is 0.302 e. The lowest BCUT2D eigenvalue weighted by Crippen LogP contribution is -2.34. The molecule has 0 radical (unpaired) electrons. The first kappa shape index (κ1) is 16.0. The van der Waals surface area contributed by atoms with Crippen LogP contribution in [0.4, 0.5) is 0 Å². The number of hydrogen-bond donors (Lipinski definition) is 0. The lowest BCUT2D eigenvalue weighted by atomic mass is 9.82. The van der Waals surface area contributed by atoms with E-state index >= 15 is 0 Å². The summed E-state index contributed by atoms with van der Waals surface area (Å²) in [6.07, 6.45) is 0. The van der Waals surface area contributed by atoms with Crippen molar-refractivity contribution in [2.24, 2.45) is 11.3 Å². The van der Waals surface area contributed by atoms with E-state index in [1.54, 1.807) is 0 Å². The second-order valence-corrected chi connectivity index (χ2v) is 7.13.